The highest BCUT2D eigenvalue weighted by Crippen LogP contribution is 2.26. The third-order valence-corrected chi connectivity index (χ3v) is 6.33. The second-order valence-electron chi connectivity index (χ2n) is 8.61. The summed E-state index contributed by atoms with van der Waals surface area (Å²) in [5, 5.41) is 4.90. The van der Waals surface area contributed by atoms with Gasteiger partial charge in [-0.25, -0.2) is 0 Å². The van der Waals surface area contributed by atoms with Crippen LogP contribution in [-0.4, -0.2) is 65.1 Å². The first-order valence-corrected chi connectivity index (χ1v) is 10.8. The molecule has 5 nitrogen and oxygen atoms in total. The number of hydrogen-bond acceptors (Lipinski definition) is 3. The highest BCUT2D eigenvalue weighted by atomic mass is 35.5. The summed E-state index contributed by atoms with van der Waals surface area (Å²) in [7, 11) is 0. The van der Waals surface area contributed by atoms with Crippen LogP contribution in [0, 0.1) is 6.92 Å². The predicted molar refractivity (Wildman–Crippen MR) is 120 cm³/mol. The van der Waals surface area contributed by atoms with E-state index in [1.807, 2.05) is 23.1 Å². The van der Waals surface area contributed by atoms with Crippen molar-refractivity contribution in [1.29, 1.82) is 0 Å². The van der Waals surface area contributed by atoms with Gasteiger partial charge in [0.25, 0.3) is 0 Å². The maximum absolute atomic E-state index is 12.7. The molecule has 2 aliphatic heterocycles. The summed E-state index contributed by atoms with van der Waals surface area (Å²) in [6.45, 7) is 12.5. The molecule has 2 fully saturated rings. The van der Waals surface area contributed by atoms with Gasteiger partial charge >= 0.3 is 0 Å². The monoisotopic (exact) mass is 422 g/mol. The summed E-state index contributed by atoms with van der Waals surface area (Å²) in [6.07, 6.45) is 1.52. The number of piperazine rings is 1. The number of benzene rings is 1. The fraction of sp³-hybridized carbons (Fsp3) is 0.619. The first-order chi connectivity index (χ1) is 13.2. The van der Waals surface area contributed by atoms with E-state index in [0.29, 0.717) is 19.0 Å². The van der Waals surface area contributed by atoms with Crippen LogP contribution in [0.2, 0.25) is 5.02 Å². The van der Waals surface area contributed by atoms with Gasteiger partial charge in [-0.15, -0.1) is 0 Å². The van der Waals surface area contributed by atoms with Gasteiger partial charge in [0.2, 0.25) is 5.91 Å². The fourth-order valence-electron chi connectivity index (χ4n) is 4.28. The summed E-state index contributed by atoms with van der Waals surface area (Å²) < 4.78 is 0. The molecule has 2 aliphatic rings. The molecular weight excluding hydrogens is 392 g/mol. The van der Waals surface area contributed by atoms with E-state index in [0.717, 1.165) is 42.7 Å². The zero-order chi connectivity index (χ0) is 20.5. The number of carbonyl (C=O) groups is 1. The van der Waals surface area contributed by atoms with Gasteiger partial charge in [0.15, 0.2) is 5.11 Å². The Morgan fingerprint density at radius 2 is 1.96 bits per heavy atom. The number of nitrogens with zero attached hydrogens (tertiary/aromatic N) is 3. The van der Waals surface area contributed by atoms with E-state index in [1.165, 1.54) is 11.3 Å². The normalized spacial score (nSPS) is 22.2. The number of thiocarbonyl (C=S) groups is 1. The van der Waals surface area contributed by atoms with Gasteiger partial charge in [0.05, 0.1) is 0 Å². The SMILES string of the molecule is Cc1ccc(Cl)cc1N1CCN(C(=O)CCN2C(=S)NC(C)(C)CC2C)CC1. The topological polar surface area (TPSA) is 38.8 Å². The molecule has 0 aliphatic carbocycles. The largest absolute Gasteiger partial charge is 0.368 e. The number of nitrogens with one attached hydrogen (secondary N) is 1. The van der Waals surface area contributed by atoms with Crippen molar-refractivity contribution in [3.05, 3.63) is 28.8 Å². The number of amides is 1. The second-order valence-corrected chi connectivity index (χ2v) is 9.43. The highest BCUT2D eigenvalue weighted by Gasteiger charge is 2.33. The molecule has 2 heterocycles. The van der Waals surface area contributed by atoms with E-state index in [2.05, 4.69) is 42.8 Å². The average molecular weight is 423 g/mol. The van der Waals surface area contributed by atoms with Crippen LogP contribution in [0.3, 0.4) is 0 Å². The molecule has 2 saturated heterocycles. The summed E-state index contributed by atoms with van der Waals surface area (Å²) in [4.78, 5) is 19.2. The molecule has 0 aromatic heterocycles. The molecule has 7 heteroatoms. The molecule has 1 amide bonds. The lowest BCUT2D eigenvalue weighted by Crippen LogP contribution is -2.60. The van der Waals surface area contributed by atoms with Crippen LogP contribution in [0.25, 0.3) is 0 Å². The zero-order valence-electron chi connectivity index (χ0n) is 17.3. The van der Waals surface area contributed by atoms with Gasteiger partial charge in [-0.05, 0) is 64.0 Å². The fourth-order valence-corrected chi connectivity index (χ4v) is 4.99. The minimum atomic E-state index is 0.0196. The van der Waals surface area contributed by atoms with Crippen LogP contribution in [0.15, 0.2) is 18.2 Å². The molecule has 28 heavy (non-hydrogen) atoms. The molecule has 1 atom stereocenters. The minimum Gasteiger partial charge on any atom is -0.368 e. The number of hydrogen-bond donors (Lipinski definition) is 1. The zero-order valence-corrected chi connectivity index (χ0v) is 18.9. The van der Waals surface area contributed by atoms with E-state index in [4.69, 9.17) is 23.8 Å². The van der Waals surface area contributed by atoms with Gasteiger partial charge in [-0.3, -0.25) is 4.79 Å². The van der Waals surface area contributed by atoms with Crippen molar-refractivity contribution in [2.75, 3.05) is 37.6 Å². The van der Waals surface area contributed by atoms with E-state index >= 15 is 0 Å². The maximum Gasteiger partial charge on any atom is 0.224 e. The molecule has 1 unspecified atom stereocenters. The highest BCUT2D eigenvalue weighted by molar-refractivity contribution is 7.80. The van der Waals surface area contributed by atoms with E-state index in [1.54, 1.807) is 0 Å². The number of aryl methyl sites for hydroxylation is 1. The quantitative estimate of drug-likeness (QED) is 0.752. The minimum absolute atomic E-state index is 0.0196. The molecule has 1 N–H and O–H groups in total. The average Bonchev–Trinajstić information content (AvgIpc) is 2.62. The first kappa shape index (κ1) is 21.2. The Kier molecular flexibility index (Phi) is 6.40. The predicted octanol–water partition coefficient (Wildman–Crippen LogP) is 3.43. The molecule has 154 valence electrons. The van der Waals surface area contributed by atoms with Crippen molar-refractivity contribution in [1.82, 2.24) is 15.1 Å². The number of rotatable bonds is 4. The van der Waals surface area contributed by atoms with Gasteiger partial charge in [-0.1, -0.05) is 17.7 Å². The van der Waals surface area contributed by atoms with Crippen molar-refractivity contribution < 1.29 is 4.79 Å². The maximum atomic E-state index is 12.7. The molecule has 0 saturated carbocycles. The summed E-state index contributed by atoms with van der Waals surface area (Å²) in [5.74, 6) is 0.210. The van der Waals surface area contributed by atoms with Crippen molar-refractivity contribution in [3.8, 4) is 0 Å². The van der Waals surface area contributed by atoms with Crippen LogP contribution in [0.1, 0.15) is 39.2 Å². The number of anilines is 1. The van der Waals surface area contributed by atoms with Gasteiger partial charge < -0.3 is 20.0 Å². The molecule has 0 bridgehead atoms. The van der Waals surface area contributed by atoms with E-state index in [-0.39, 0.29) is 11.4 Å². The molecule has 3 rings (SSSR count). The molecular formula is C21H31ClN4OS. The summed E-state index contributed by atoms with van der Waals surface area (Å²) in [5.41, 5.74) is 2.40. The lowest BCUT2D eigenvalue weighted by Gasteiger charge is -2.45. The second kappa shape index (κ2) is 8.46. The Morgan fingerprint density at radius 3 is 2.61 bits per heavy atom. The van der Waals surface area contributed by atoms with Gasteiger partial charge in [0.1, 0.15) is 0 Å². The number of halogens is 1. The number of carbonyl (C=O) groups excluding carboxylic acids is 1. The van der Waals surface area contributed by atoms with Crippen molar-refractivity contribution >= 4 is 40.5 Å². The Labute approximate surface area is 179 Å². The van der Waals surface area contributed by atoms with Crippen LogP contribution >= 0.6 is 23.8 Å². The Bertz CT molecular complexity index is 746. The lowest BCUT2D eigenvalue weighted by molar-refractivity contribution is -0.131. The van der Waals surface area contributed by atoms with E-state index in [9.17, 15) is 4.79 Å². The third-order valence-electron chi connectivity index (χ3n) is 5.75. The van der Waals surface area contributed by atoms with Crippen LogP contribution in [0.5, 0.6) is 0 Å². The Balaban J connectivity index is 1.50. The summed E-state index contributed by atoms with van der Waals surface area (Å²) >= 11 is 11.7. The molecule has 0 spiro atoms. The van der Waals surface area contributed by atoms with Crippen LogP contribution in [-0.2, 0) is 4.79 Å². The Hall–Kier alpha value is -1.53. The van der Waals surface area contributed by atoms with Gasteiger partial charge in [-0.2, -0.15) is 0 Å². The smallest absolute Gasteiger partial charge is 0.224 e. The summed E-state index contributed by atoms with van der Waals surface area (Å²) in [6, 6.07) is 6.33. The van der Waals surface area contributed by atoms with E-state index < -0.39 is 0 Å². The first-order valence-electron chi connectivity index (χ1n) is 10.0. The molecule has 1 aromatic rings. The lowest BCUT2D eigenvalue weighted by atomic mass is 9.93. The van der Waals surface area contributed by atoms with Crippen molar-refractivity contribution in [2.45, 2.75) is 52.1 Å². The van der Waals surface area contributed by atoms with Crippen molar-refractivity contribution in [3.63, 3.8) is 0 Å². The van der Waals surface area contributed by atoms with Crippen molar-refractivity contribution in [2.24, 2.45) is 0 Å². The van der Waals surface area contributed by atoms with Crippen LogP contribution < -0.4 is 10.2 Å². The molecule has 0 radical (unpaired) electrons. The Morgan fingerprint density at radius 1 is 1.29 bits per heavy atom. The standard InChI is InChI=1S/C21H31ClN4OS/c1-15-5-6-17(22)13-18(15)24-9-11-25(12-10-24)19(27)7-8-26-16(2)14-21(3,4)23-20(26)28/h5-6,13,16H,7-12,14H2,1-4H3,(H,23,28). The van der Waals surface area contributed by atoms with Crippen LogP contribution in [0.4, 0.5) is 5.69 Å². The van der Waals surface area contributed by atoms with Gasteiger partial charge in [0, 0.05) is 61.4 Å². The third kappa shape index (κ3) is 4.90. The molecule has 1 aromatic carbocycles.